The molecule has 1 aliphatic heterocycles. The van der Waals surface area contributed by atoms with Crippen LogP contribution in [0.25, 0.3) is 0 Å². The van der Waals surface area contributed by atoms with E-state index in [4.69, 9.17) is 18.9 Å². The summed E-state index contributed by atoms with van der Waals surface area (Å²) in [5.74, 6) is 1.43. The molecule has 144 valence electrons. The molecule has 0 saturated carbocycles. The van der Waals surface area contributed by atoms with Crippen molar-refractivity contribution in [3.05, 3.63) is 23.8 Å². The smallest absolute Gasteiger partial charge is 0.454 e. The number of carbonyl (C=O) groups excluding carboxylic acids is 2. The highest BCUT2D eigenvalue weighted by Crippen LogP contribution is 2.33. The molecule has 0 aromatic heterocycles. The van der Waals surface area contributed by atoms with Crippen molar-refractivity contribution in [2.75, 3.05) is 19.9 Å². The number of ether oxygens (including phenoxy) is 5. The molecule has 26 heavy (non-hydrogen) atoms. The van der Waals surface area contributed by atoms with Crippen LogP contribution in [0.15, 0.2) is 18.2 Å². The van der Waals surface area contributed by atoms with Gasteiger partial charge in [-0.3, -0.25) is 0 Å². The normalized spacial score (nSPS) is 14.3. The fourth-order valence-electron chi connectivity index (χ4n) is 2.66. The van der Waals surface area contributed by atoms with Crippen molar-refractivity contribution in [1.82, 2.24) is 4.90 Å². The maximum absolute atomic E-state index is 12.4. The molecule has 0 aliphatic carbocycles. The Kier molecular flexibility index (Phi) is 6.94. The maximum Gasteiger partial charge on any atom is 0.511 e. The van der Waals surface area contributed by atoms with Crippen LogP contribution in [-0.2, 0) is 20.6 Å². The molecule has 1 amide bonds. The Morgan fingerprint density at radius 2 is 1.88 bits per heavy atom. The Morgan fingerprint density at radius 3 is 2.58 bits per heavy atom. The van der Waals surface area contributed by atoms with Gasteiger partial charge in [-0.1, -0.05) is 6.07 Å². The van der Waals surface area contributed by atoms with E-state index >= 15 is 0 Å². The Hall–Kier alpha value is -2.64. The predicted octanol–water partition coefficient (Wildman–Crippen LogP) is 3.32. The van der Waals surface area contributed by atoms with Gasteiger partial charge in [-0.15, -0.1) is 0 Å². The molecule has 2 rings (SSSR count). The van der Waals surface area contributed by atoms with Gasteiger partial charge in [0.1, 0.15) is 0 Å². The molecule has 1 aromatic carbocycles. The Labute approximate surface area is 152 Å². The minimum atomic E-state index is -1.03. The van der Waals surface area contributed by atoms with E-state index in [2.05, 4.69) is 4.74 Å². The number of hydrogen-bond acceptors (Lipinski definition) is 7. The molecule has 0 radical (unpaired) electrons. The molecule has 2 unspecified atom stereocenters. The van der Waals surface area contributed by atoms with Crippen molar-refractivity contribution in [3.8, 4) is 11.5 Å². The summed E-state index contributed by atoms with van der Waals surface area (Å²) in [5.41, 5.74) is 1.02. The van der Waals surface area contributed by atoms with E-state index in [1.165, 1.54) is 6.92 Å². The van der Waals surface area contributed by atoms with Crippen LogP contribution in [0.1, 0.15) is 33.3 Å². The summed E-state index contributed by atoms with van der Waals surface area (Å²) in [6, 6.07) is 5.58. The summed E-state index contributed by atoms with van der Waals surface area (Å²) in [6.07, 6.45) is -1.85. The quantitative estimate of drug-likeness (QED) is 0.540. The van der Waals surface area contributed by atoms with Gasteiger partial charge in [-0.2, -0.15) is 0 Å². The molecule has 0 spiro atoms. The lowest BCUT2D eigenvalue weighted by atomic mass is 10.1. The molecule has 0 fully saturated rings. The molecule has 1 aromatic rings. The van der Waals surface area contributed by atoms with Crippen LogP contribution < -0.4 is 9.47 Å². The van der Waals surface area contributed by atoms with Crippen molar-refractivity contribution >= 4 is 12.2 Å². The van der Waals surface area contributed by atoms with Gasteiger partial charge in [-0.05, 0) is 44.9 Å². The molecular weight excluding hydrogens is 342 g/mol. The third kappa shape index (κ3) is 5.18. The van der Waals surface area contributed by atoms with E-state index < -0.39 is 18.5 Å². The number of hydrogen-bond donors (Lipinski definition) is 0. The summed E-state index contributed by atoms with van der Waals surface area (Å²) in [4.78, 5) is 25.2. The topological polar surface area (TPSA) is 83.5 Å². The second-order valence-electron chi connectivity index (χ2n) is 5.78. The van der Waals surface area contributed by atoms with Crippen LogP contribution in [0.4, 0.5) is 9.59 Å². The summed E-state index contributed by atoms with van der Waals surface area (Å²) in [7, 11) is 0. The highest BCUT2D eigenvalue weighted by Gasteiger charge is 2.24. The van der Waals surface area contributed by atoms with Crippen molar-refractivity contribution in [1.29, 1.82) is 0 Å². The van der Waals surface area contributed by atoms with Gasteiger partial charge < -0.3 is 28.6 Å². The van der Waals surface area contributed by atoms with E-state index in [0.717, 1.165) is 11.3 Å². The van der Waals surface area contributed by atoms with Crippen LogP contribution in [0.2, 0.25) is 0 Å². The molecule has 2 atom stereocenters. The minimum absolute atomic E-state index is 0.123. The molecular formula is C18H25NO7. The lowest BCUT2D eigenvalue weighted by molar-refractivity contribution is -0.0834. The second kappa shape index (κ2) is 9.17. The summed E-state index contributed by atoms with van der Waals surface area (Å²) in [5, 5.41) is 0. The molecule has 1 aliphatic rings. The zero-order chi connectivity index (χ0) is 19.1. The average Bonchev–Trinajstić information content (AvgIpc) is 3.03. The lowest BCUT2D eigenvalue weighted by Gasteiger charge is -2.28. The number of rotatable bonds is 7. The summed E-state index contributed by atoms with van der Waals surface area (Å²) in [6.45, 7) is 7.77. The summed E-state index contributed by atoms with van der Waals surface area (Å²) >= 11 is 0. The molecule has 0 saturated heterocycles. The first-order valence-corrected chi connectivity index (χ1v) is 8.63. The van der Waals surface area contributed by atoms with Crippen molar-refractivity contribution in [2.45, 2.75) is 46.4 Å². The first-order chi connectivity index (χ1) is 12.4. The fourth-order valence-corrected chi connectivity index (χ4v) is 2.66. The van der Waals surface area contributed by atoms with Gasteiger partial charge >= 0.3 is 12.2 Å². The number of nitrogens with zero attached hydrogens (tertiary/aromatic N) is 1. The Bertz CT molecular complexity index is 634. The zero-order valence-corrected chi connectivity index (χ0v) is 15.5. The maximum atomic E-state index is 12.4. The number of likely N-dealkylation sites (N-methyl/N-ethyl adjacent to an activating group) is 1. The van der Waals surface area contributed by atoms with Crippen LogP contribution in [0.3, 0.4) is 0 Å². The van der Waals surface area contributed by atoms with Crippen molar-refractivity contribution in [2.24, 2.45) is 0 Å². The van der Waals surface area contributed by atoms with Crippen LogP contribution in [0, 0.1) is 0 Å². The number of amides is 1. The van der Waals surface area contributed by atoms with Crippen molar-refractivity contribution in [3.63, 3.8) is 0 Å². The van der Waals surface area contributed by atoms with Crippen molar-refractivity contribution < 1.29 is 33.3 Å². The largest absolute Gasteiger partial charge is 0.511 e. The Morgan fingerprint density at radius 1 is 1.15 bits per heavy atom. The highest BCUT2D eigenvalue weighted by atomic mass is 16.8. The van der Waals surface area contributed by atoms with Crippen LogP contribution in [-0.4, -0.2) is 49.4 Å². The van der Waals surface area contributed by atoms with Crippen LogP contribution in [0.5, 0.6) is 11.5 Å². The van der Waals surface area contributed by atoms with Gasteiger partial charge in [0, 0.05) is 19.5 Å². The SMILES string of the molecule is CCOC(=O)OC(C)OC(=O)N(CC)C(C)Cc1ccc2c(c1)OCO2. The third-order valence-corrected chi connectivity index (χ3v) is 3.87. The molecule has 1 heterocycles. The molecule has 8 heteroatoms. The number of benzene rings is 1. The highest BCUT2D eigenvalue weighted by molar-refractivity contribution is 5.68. The molecule has 0 N–H and O–H groups in total. The standard InChI is InChI=1S/C18H25NO7/c1-5-19(17(20)25-13(4)26-18(21)22-6-2)12(3)9-14-7-8-15-16(10-14)24-11-23-15/h7-8,10,12-13H,5-6,9,11H2,1-4H3. The molecule has 0 bridgehead atoms. The number of carbonyl (C=O) groups is 2. The fraction of sp³-hybridized carbons (Fsp3) is 0.556. The third-order valence-electron chi connectivity index (χ3n) is 3.87. The first-order valence-electron chi connectivity index (χ1n) is 8.63. The summed E-state index contributed by atoms with van der Waals surface area (Å²) < 4.78 is 25.3. The minimum Gasteiger partial charge on any atom is -0.454 e. The van der Waals surface area contributed by atoms with Gasteiger partial charge in [-0.25, -0.2) is 9.59 Å². The second-order valence-corrected chi connectivity index (χ2v) is 5.78. The van der Waals surface area contributed by atoms with E-state index in [0.29, 0.717) is 18.7 Å². The van der Waals surface area contributed by atoms with E-state index in [-0.39, 0.29) is 19.4 Å². The average molecular weight is 367 g/mol. The van der Waals surface area contributed by atoms with Crippen LogP contribution >= 0.6 is 0 Å². The zero-order valence-electron chi connectivity index (χ0n) is 15.5. The molecule has 8 nitrogen and oxygen atoms in total. The van der Waals surface area contributed by atoms with Gasteiger partial charge in [0.15, 0.2) is 11.5 Å². The Balaban J connectivity index is 1.91. The van der Waals surface area contributed by atoms with E-state index in [1.807, 2.05) is 32.0 Å². The van der Waals surface area contributed by atoms with E-state index in [1.54, 1.807) is 11.8 Å². The van der Waals surface area contributed by atoms with E-state index in [9.17, 15) is 9.59 Å². The van der Waals surface area contributed by atoms with Gasteiger partial charge in [0.2, 0.25) is 13.1 Å². The van der Waals surface area contributed by atoms with Gasteiger partial charge in [0.25, 0.3) is 0 Å². The predicted molar refractivity (Wildman–Crippen MR) is 92.2 cm³/mol. The first kappa shape index (κ1) is 19.7. The number of fused-ring (bicyclic) bond motifs is 1. The monoisotopic (exact) mass is 367 g/mol. The lowest BCUT2D eigenvalue weighted by Crippen LogP contribution is -2.41. The van der Waals surface area contributed by atoms with Gasteiger partial charge in [0.05, 0.1) is 6.61 Å².